The number of amidine groups is 1. The fourth-order valence-electron chi connectivity index (χ4n) is 1.82. The second-order valence-corrected chi connectivity index (χ2v) is 8.98. The molecule has 1 aliphatic carbocycles. The summed E-state index contributed by atoms with van der Waals surface area (Å²) >= 11 is 0.420. The average molecular weight is 315 g/mol. The predicted octanol–water partition coefficient (Wildman–Crippen LogP) is 2.56. The van der Waals surface area contributed by atoms with Gasteiger partial charge in [0.05, 0.1) is 6.04 Å². The van der Waals surface area contributed by atoms with Crippen LogP contribution in [0.1, 0.15) is 50.1 Å². The molecule has 0 spiro atoms. The maximum Gasteiger partial charge on any atom is 0.150 e. The van der Waals surface area contributed by atoms with E-state index in [-0.39, 0.29) is 16.6 Å². The monoisotopic (exact) mass is 315 g/mol. The summed E-state index contributed by atoms with van der Waals surface area (Å²) in [6, 6.07) is 1.95. The Hall–Kier alpha value is -0.600. The van der Waals surface area contributed by atoms with Crippen LogP contribution in [0.25, 0.3) is 0 Å². The lowest BCUT2D eigenvalue weighted by Crippen LogP contribution is -2.41. The van der Waals surface area contributed by atoms with Crippen molar-refractivity contribution in [2.75, 3.05) is 0 Å². The highest BCUT2D eigenvalue weighted by atomic mass is 32.2. The number of hydrogen-bond donors (Lipinski definition) is 4. The molecule has 1 saturated carbocycles. The molecule has 0 radical (unpaired) electrons. The minimum Gasteiger partial charge on any atom is -0.598 e. The lowest BCUT2D eigenvalue weighted by atomic mass is 10.1. The Morgan fingerprint density at radius 2 is 2.20 bits per heavy atom. The summed E-state index contributed by atoms with van der Waals surface area (Å²) in [5.74, 6) is 0.503. The molecular formula is C13H21N3O2S2. The number of hydrogen-bond acceptors (Lipinski definition) is 5. The van der Waals surface area contributed by atoms with Gasteiger partial charge in [0, 0.05) is 27.2 Å². The van der Waals surface area contributed by atoms with E-state index in [2.05, 4.69) is 4.72 Å². The quantitative estimate of drug-likeness (QED) is 0.291. The molecule has 0 amide bonds. The molecule has 1 heterocycles. The molecular weight excluding hydrogens is 294 g/mol. The molecule has 7 heteroatoms. The Labute approximate surface area is 126 Å². The molecule has 0 saturated heterocycles. The number of hydroxylamine groups is 1. The van der Waals surface area contributed by atoms with E-state index in [1.807, 2.05) is 37.7 Å². The molecule has 1 aliphatic rings. The normalized spacial score (nSPS) is 18.6. The third-order valence-electron chi connectivity index (χ3n) is 3.21. The third-order valence-corrected chi connectivity index (χ3v) is 5.81. The molecule has 1 fully saturated rings. The average Bonchev–Trinajstić information content (AvgIpc) is 3.10. The minimum atomic E-state index is -1.11. The van der Waals surface area contributed by atoms with Gasteiger partial charge in [0.25, 0.3) is 0 Å². The van der Waals surface area contributed by atoms with Crippen LogP contribution in [0.4, 0.5) is 0 Å². The Morgan fingerprint density at radius 3 is 2.70 bits per heavy atom. The Morgan fingerprint density at radius 1 is 1.55 bits per heavy atom. The van der Waals surface area contributed by atoms with E-state index in [1.54, 1.807) is 0 Å². The lowest BCUT2D eigenvalue weighted by molar-refractivity contribution is 0.234. The van der Waals surface area contributed by atoms with Crippen molar-refractivity contribution in [3.8, 4) is 0 Å². The molecule has 4 N–H and O–H groups in total. The van der Waals surface area contributed by atoms with Crippen molar-refractivity contribution >= 4 is 28.5 Å². The molecule has 0 bridgehead atoms. The van der Waals surface area contributed by atoms with E-state index < -0.39 is 11.4 Å². The van der Waals surface area contributed by atoms with E-state index in [9.17, 15) is 4.55 Å². The Bertz CT molecular complexity index is 480. The van der Waals surface area contributed by atoms with Crippen LogP contribution >= 0.6 is 11.3 Å². The molecule has 0 unspecified atom stereocenters. The maximum atomic E-state index is 12.3. The first-order chi connectivity index (χ1) is 9.32. The zero-order valence-corrected chi connectivity index (χ0v) is 13.5. The van der Waals surface area contributed by atoms with Gasteiger partial charge >= 0.3 is 0 Å². The summed E-state index contributed by atoms with van der Waals surface area (Å²) in [5, 5.41) is 18.2. The van der Waals surface area contributed by atoms with Gasteiger partial charge in [-0.25, -0.2) is 0 Å². The standard InChI is InChI=1S/C13H21N3O2S2/c1-13(2,3)20(18)16-11(8-4-5-8)10-6-9(7-19-10)12(14)15-17/h6-8,11,16-17H,4-5H2,1-3H3,(H2,14,15)/t11-,20-/m0/s1. The van der Waals surface area contributed by atoms with Crippen LogP contribution < -0.4 is 10.2 Å². The van der Waals surface area contributed by atoms with E-state index in [0.717, 1.165) is 17.7 Å². The van der Waals surface area contributed by atoms with Crippen LogP contribution in [0, 0.1) is 11.3 Å². The lowest BCUT2D eigenvalue weighted by Gasteiger charge is -2.27. The largest absolute Gasteiger partial charge is 0.598 e. The number of rotatable bonds is 5. The van der Waals surface area contributed by atoms with Crippen LogP contribution in [0.5, 0.6) is 0 Å². The van der Waals surface area contributed by atoms with Gasteiger partial charge in [-0.05, 0) is 45.6 Å². The van der Waals surface area contributed by atoms with Crippen LogP contribution in [-0.2, 0) is 11.4 Å². The first-order valence-electron chi connectivity index (χ1n) is 6.58. The Kier molecular flexibility index (Phi) is 4.76. The number of thiophene rings is 1. The van der Waals surface area contributed by atoms with Crippen molar-refractivity contribution in [2.45, 2.75) is 44.4 Å². The second-order valence-electron chi connectivity index (χ2n) is 6.04. The van der Waals surface area contributed by atoms with Crippen molar-refractivity contribution in [1.29, 1.82) is 5.41 Å². The maximum absolute atomic E-state index is 12.3. The highest BCUT2D eigenvalue weighted by molar-refractivity contribution is 7.90. The van der Waals surface area contributed by atoms with Gasteiger partial charge in [-0.15, -0.1) is 16.1 Å². The fraction of sp³-hybridized carbons (Fsp3) is 0.615. The van der Waals surface area contributed by atoms with Gasteiger partial charge < -0.3 is 4.55 Å². The van der Waals surface area contributed by atoms with Crippen LogP contribution in [0.2, 0.25) is 0 Å². The van der Waals surface area contributed by atoms with E-state index in [1.165, 1.54) is 11.3 Å². The van der Waals surface area contributed by atoms with Gasteiger partial charge in [0.1, 0.15) is 10.6 Å². The second kappa shape index (κ2) is 6.03. The van der Waals surface area contributed by atoms with Crippen molar-refractivity contribution in [3.63, 3.8) is 0 Å². The SMILES string of the molecule is CC(C)(C)[S@+]([O-])N[C@H](c1cc(C(=N)NO)cs1)C1CC1. The topological polar surface area (TPSA) is 91.2 Å². The fourth-order valence-corrected chi connectivity index (χ4v) is 3.84. The van der Waals surface area contributed by atoms with Gasteiger partial charge in [-0.3, -0.25) is 16.1 Å². The van der Waals surface area contributed by atoms with Crippen molar-refractivity contribution in [3.05, 3.63) is 21.9 Å². The minimum absolute atomic E-state index is 0.0148. The molecule has 2 rings (SSSR count). The summed E-state index contributed by atoms with van der Waals surface area (Å²) in [5.41, 5.74) is 2.51. The zero-order valence-electron chi connectivity index (χ0n) is 11.9. The first kappa shape index (κ1) is 15.8. The van der Waals surface area contributed by atoms with Crippen LogP contribution in [0.3, 0.4) is 0 Å². The highest BCUT2D eigenvalue weighted by Gasteiger charge is 2.39. The summed E-state index contributed by atoms with van der Waals surface area (Å²) in [7, 11) is 0. The molecule has 2 atom stereocenters. The molecule has 112 valence electrons. The number of nitrogens with one attached hydrogen (secondary N) is 3. The first-order valence-corrected chi connectivity index (χ1v) is 8.61. The Balaban J connectivity index is 2.13. The van der Waals surface area contributed by atoms with Crippen LogP contribution in [-0.4, -0.2) is 20.3 Å². The van der Waals surface area contributed by atoms with Crippen molar-refractivity contribution in [2.24, 2.45) is 5.92 Å². The molecule has 5 nitrogen and oxygen atoms in total. The summed E-state index contributed by atoms with van der Waals surface area (Å²) in [6.45, 7) is 5.85. The van der Waals surface area contributed by atoms with Gasteiger partial charge in [0.15, 0.2) is 0 Å². The zero-order chi connectivity index (χ0) is 14.9. The molecule has 1 aromatic heterocycles. The van der Waals surface area contributed by atoms with Gasteiger partial charge in [0.2, 0.25) is 0 Å². The van der Waals surface area contributed by atoms with E-state index in [4.69, 9.17) is 10.6 Å². The van der Waals surface area contributed by atoms with E-state index >= 15 is 0 Å². The van der Waals surface area contributed by atoms with Crippen LogP contribution in [0.15, 0.2) is 11.4 Å². The predicted molar refractivity (Wildman–Crippen MR) is 82.6 cm³/mol. The van der Waals surface area contributed by atoms with Gasteiger partial charge in [-0.2, -0.15) is 0 Å². The molecule has 20 heavy (non-hydrogen) atoms. The molecule has 0 aromatic carbocycles. The summed E-state index contributed by atoms with van der Waals surface area (Å²) < 4.78 is 15.2. The summed E-state index contributed by atoms with van der Waals surface area (Å²) in [6.07, 6.45) is 2.28. The van der Waals surface area contributed by atoms with E-state index in [0.29, 0.717) is 11.5 Å². The van der Waals surface area contributed by atoms with Gasteiger partial charge in [-0.1, -0.05) is 0 Å². The summed E-state index contributed by atoms with van der Waals surface area (Å²) in [4.78, 5) is 1.07. The van der Waals surface area contributed by atoms with Crippen molar-refractivity contribution in [1.82, 2.24) is 10.2 Å². The third kappa shape index (κ3) is 3.73. The molecule has 1 aromatic rings. The smallest absolute Gasteiger partial charge is 0.150 e. The molecule has 0 aliphatic heterocycles. The van der Waals surface area contributed by atoms with Crippen molar-refractivity contribution < 1.29 is 9.76 Å². The highest BCUT2D eigenvalue weighted by Crippen LogP contribution is 2.43.